The minimum absolute atomic E-state index is 0. The molecule has 0 bridgehead atoms. The molecule has 6 nitrogen and oxygen atoms in total. The van der Waals surface area contributed by atoms with Crippen molar-refractivity contribution >= 4 is 24.2 Å². The number of nitrogens with zero attached hydrogens (tertiary/aromatic N) is 3. The maximum absolute atomic E-state index is 12.9. The normalized spacial score (nSPS) is 23.7. The van der Waals surface area contributed by atoms with Gasteiger partial charge in [0.25, 0.3) is 0 Å². The van der Waals surface area contributed by atoms with Gasteiger partial charge in [0.15, 0.2) is 0 Å². The fraction of sp³-hybridized carbons (Fsp3) is 0.562. The number of hydrogen-bond acceptors (Lipinski definition) is 4. The van der Waals surface area contributed by atoms with Gasteiger partial charge in [0, 0.05) is 45.0 Å². The lowest BCUT2D eigenvalue weighted by Gasteiger charge is -2.37. The standard InChI is InChI=1S/C16H19F3N4O2.ClH/c17-16(18,19)10-22-9-12(6-14(22)24)15(25)23-5-4-21-8-13(23)11-2-1-3-20-7-11;/h1-3,7,12-13,21H,4-6,8-10H2;1H. The summed E-state index contributed by atoms with van der Waals surface area (Å²) in [5.41, 5.74) is 0.861. The van der Waals surface area contributed by atoms with Gasteiger partial charge in [0.2, 0.25) is 11.8 Å². The smallest absolute Gasteiger partial charge is 0.333 e. The van der Waals surface area contributed by atoms with Crippen LogP contribution in [0.2, 0.25) is 0 Å². The molecule has 0 aliphatic carbocycles. The van der Waals surface area contributed by atoms with Crippen molar-refractivity contribution in [3.8, 4) is 0 Å². The fourth-order valence-corrected chi connectivity index (χ4v) is 3.38. The van der Waals surface area contributed by atoms with Crippen molar-refractivity contribution in [2.75, 3.05) is 32.7 Å². The van der Waals surface area contributed by atoms with Crippen molar-refractivity contribution in [2.45, 2.75) is 18.6 Å². The second-order valence-corrected chi connectivity index (χ2v) is 6.33. The number of hydrogen-bond donors (Lipinski definition) is 1. The monoisotopic (exact) mass is 392 g/mol. The third kappa shape index (κ3) is 4.64. The topological polar surface area (TPSA) is 65.5 Å². The van der Waals surface area contributed by atoms with E-state index < -0.39 is 24.5 Å². The van der Waals surface area contributed by atoms with Gasteiger partial charge < -0.3 is 15.1 Å². The lowest BCUT2D eigenvalue weighted by Crippen LogP contribution is -2.50. The quantitative estimate of drug-likeness (QED) is 0.844. The van der Waals surface area contributed by atoms with E-state index in [1.54, 1.807) is 23.4 Å². The van der Waals surface area contributed by atoms with Crippen LogP contribution in [0.3, 0.4) is 0 Å². The number of amides is 2. The summed E-state index contributed by atoms with van der Waals surface area (Å²) in [4.78, 5) is 31.1. The molecular weight excluding hydrogens is 373 g/mol. The number of pyridine rings is 1. The molecule has 1 N–H and O–H groups in total. The Hall–Kier alpha value is -1.87. The molecule has 0 saturated carbocycles. The Labute approximate surface area is 155 Å². The van der Waals surface area contributed by atoms with Gasteiger partial charge in [-0.3, -0.25) is 14.6 Å². The minimum atomic E-state index is -4.46. The van der Waals surface area contributed by atoms with Crippen molar-refractivity contribution in [3.05, 3.63) is 30.1 Å². The number of aromatic nitrogens is 1. The molecule has 0 radical (unpaired) electrons. The number of likely N-dealkylation sites (tertiary alicyclic amines) is 1. The van der Waals surface area contributed by atoms with Crippen LogP contribution in [0.1, 0.15) is 18.0 Å². The number of alkyl halides is 3. The summed E-state index contributed by atoms with van der Waals surface area (Å²) in [6.45, 7) is 0.117. The van der Waals surface area contributed by atoms with E-state index >= 15 is 0 Å². The van der Waals surface area contributed by atoms with Crippen LogP contribution >= 0.6 is 12.4 Å². The summed E-state index contributed by atoms with van der Waals surface area (Å²) < 4.78 is 37.6. The molecule has 144 valence electrons. The Kier molecular flexibility index (Phi) is 6.46. The molecule has 2 atom stereocenters. The largest absolute Gasteiger partial charge is 0.406 e. The van der Waals surface area contributed by atoms with Crippen LogP contribution in [0.25, 0.3) is 0 Å². The molecule has 0 aromatic carbocycles. The molecule has 26 heavy (non-hydrogen) atoms. The summed E-state index contributed by atoms with van der Waals surface area (Å²) >= 11 is 0. The third-order valence-electron chi connectivity index (χ3n) is 4.53. The van der Waals surface area contributed by atoms with Crippen LogP contribution in [-0.2, 0) is 9.59 Å². The molecule has 1 aromatic heterocycles. The molecule has 2 aliphatic rings. The first-order valence-electron chi connectivity index (χ1n) is 8.11. The minimum Gasteiger partial charge on any atom is -0.333 e. The zero-order valence-electron chi connectivity index (χ0n) is 13.9. The Morgan fingerprint density at radius 3 is 2.81 bits per heavy atom. The van der Waals surface area contributed by atoms with E-state index in [1.807, 2.05) is 6.07 Å². The predicted molar refractivity (Wildman–Crippen MR) is 89.6 cm³/mol. The fourth-order valence-electron chi connectivity index (χ4n) is 3.38. The van der Waals surface area contributed by atoms with Gasteiger partial charge in [-0.05, 0) is 11.6 Å². The van der Waals surface area contributed by atoms with E-state index in [1.165, 1.54) is 0 Å². The molecule has 2 unspecified atom stereocenters. The number of carbonyl (C=O) groups is 2. The molecule has 2 fully saturated rings. The van der Waals surface area contributed by atoms with E-state index in [-0.39, 0.29) is 37.3 Å². The number of piperazine rings is 1. The highest BCUT2D eigenvalue weighted by molar-refractivity contribution is 5.89. The van der Waals surface area contributed by atoms with Crippen molar-refractivity contribution in [3.63, 3.8) is 0 Å². The lowest BCUT2D eigenvalue weighted by atomic mass is 10.0. The molecule has 3 rings (SSSR count). The summed E-state index contributed by atoms with van der Waals surface area (Å²) in [6.07, 6.45) is -1.32. The predicted octanol–water partition coefficient (Wildman–Crippen LogP) is 1.39. The Balaban J connectivity index is 0.00000243. The second kappa shape index (κ2) is 8.22. The summed E-state index contributed by atoms with van der Waals surface area (Å²) in [5, 5.41) is 3.21. The number of rotatable bonds is 3. The maximum Gasteiger partial charge on any atom is 0.406 e. The zero-order valence-corrected chi connectivity index (χ0v) is 14.7. The second-order valence-electron chi connectivity index (χ2n) is 6.33. The van der Waals surface area contributed by atoms with E-state index in [2.05, 4.69) is 10.3 Å². The molecule has 0 spiro atoms. The lowest BCUT2D eigenvalue weighted by molar-refractivity contribution is -0.157. The van der Waals surface area contributed by atoms with Crippen molar-refractivity contribution < 1.29 is 22.8 Å². The van der Waals surface area contributed by atoms with E-state index in [4.69, 9.17) is 0 Å². The van der Waals surface area contributed by atoms with Crippen LogP contribution in [0.4, 0.5) is 13.2 Å². The van der Waals surface area contributed by atoms with Gasteiger partial charge >= 0.3 is 6.18 Å². The number of nitrogens with one attached hydrogen (secondary N) is 1. The van der Waals surface area contributed by atoms with Gasteiger partial charge in [0.1, 0.15) is 6.54 Å². The first kappa shape index (κ1) is 20.4. The average molecular weight is 393 g/mol. The first-order chi connectivity index (χ1) is 11.8. The zero-order chi connectivity index (χ0) is 18.0. The summed E-state index contributed by atoms with van der Waals surface area (Å²) in [7, 11) is 0. The first-order valence-corrected chi connectivity index (χ1v) is 8.11. The molecule has 10 heteroatoms. The van der Waals surface area contributed by atoms with Gasteiger partial charge in [0.05, 0.1) is 12.0 Å². The average Bonchev–Trinajstić information content (AvgIpc) is 2.94. The Morgan fingerprint density at radius 1 is 1.38 bits per heavy atom. The Bertz CT molecular complexity index is 644. The van der Waals surface area contributed by atoms with Crippen LogP contribution in [-0.4, -0.2) is 65.5 Å². The van der Waals surface area contributed by atoms with Crippen molar-refractivity contribution in [2.24, 2.45) is 5.92 Å². The maximum atomic E-state index is 12.9. The van der Waals surface area contributed by atoms with Crippen LogP contribution in [0.15, 0.2) is 24.5 Å². The van der Waals surface area contributed by atoms with Gasteiger partial charge in [-0.2, -0.15) is 13.2 Å². The summed E-state index contributed by atoms with van der Waals surface area (Å²) in [5.74, 6) is -1.62. The van der Waals surface area contributed by atoms with E-state index in [0.29, 0.717) is 19.6 Å². The molecule has 1 aromatic rings. The van der Waals surface area contributed by atoms with Crippen molar-refractivity contribution in [1.29, 1.82) is 0 Å². The molecule has 2 aliphatic heterocycles. The summed E-state index contributed by atoms with van der Waals surface area (Å²) in [6, 6.07) is 3.40. The SMILES string of the molecule is Cl.O=C1CC(C(=O)N2CCNCC2c2cccnc2)CN1CC(F)(F)F. The molecular formula is C16H20ClF3N4O2. The highest BCUT2D eigenvalue weighted by atomic mass is 35.5. The van der Waals surface area contributed by atoms with E-state index in [9.17, 15) is 22.8 Å². The molecule has 2 amide bonds. The highest BCUT2D eigenvalue weighted by Crippen LogP contribution is 2.29. The third-order valence-corrected chi connectivity index (χ3v) is 4.53. The number of halogens is 4. The van der Waals surface area contributed by atoms with Gasteiger partial charge in [-0.1, -0.05) is 6.07 Å². The number of carbonyl (C=O) groups excluding carboxylic acids is 2. The molecule has 3 heterocycles. The van der Waals surface area contributed by atoms with Crippen molar-refractivity contribution in [1.82, 2.24) is 20.1 Å². The van der Waals surface area contributed by atoms with Gasteiger partial charge in [-0.25, -0.2) is 0 Å². The highest BCUT2D eigenvalue weighted by Gasteiger charge is 2.43. The van der Waals surface area contributed by atoms with Crippen LogP contribution in [0.5, 0.6) is 0 Å². The molecule has 2 saturated heterocycles. The van der Waals surface area contributed by atoms with Crippen LogP contribution < -0.4 is 5.32 Å². The van der Waals surface area contributed by atoms with Gasteiger partial charge in [-0.15, -0.1) is 12.4 Å². The Morgan fingerprint density at radius 2 is 2.15 bits per heavy atom. The van der Waals surface area contributed by atoms with E-state index in [0.717, 1.165) is 10.5 Å². The van der Waals surface area contributed by atoms with Crippen LogP contribution in [0, 0.1) is 5.92 Å².